The summed E-state index contributed by atoms with van der Waals surface area (Å²) in [6.45, 7) is 7.16. The lowest BCUT2D eigenvalue weighted by Gasteiger charge is -2.27. The van der Waals surface area contributed by atoms with Gasteiger partial charge >= 0.3 is 0 Å². The highest BCUT2D eigenvalue weighted by molar-refractivity contribution is 4.91. The molecule has 0 bridgehead atoms. The van der Waals surface area contributed by atoms with Gasteiger partial charge in [0.2, 0.25) is 0 Å². The summed E-state index contributed by atoms with van der Waals surface area (Å²) in [7, 11) is 2.32. The Kier molecular flexibility index (Phi) is 3.68. The van der Waals surface area contributed by atoms with Crippen LogP contribution >= 0.6 is 0 Å². The lowest BCUT2D eigenvalue weighted by molar-refractivity contribution is 0.209. The molecule has 1 saturated heterocycles. The van der Waals surface area contributed by atoms with E-state index in [1.165, 1.54) is 38.8 Å². The van der Waals surface area contributed by atoms with Crippen LogP contribution in [0.3, 0.4) is 0 Å². The highest BCUT2D eigenvalue weighted by atomic mass is 15.2. The Hall–Kier alpha value is -0.0800. The Morgan fingerprint density at radius 2 is 2.13 bits per heavy atom. The molecule has 15 heavy (non-hydrogen) atoms. The molecule has 0 aromatic rings. The first-order valence-electron chi connectivity index (χ1n) is 6.60. The molecule has 0 spiro atoms. The van der Waals surface area contributed by atoms with Gasteiger partial charge in [-0.05, 0) is 44.7 Å². The molecule has 3 unspecified atom stereocenters. The highest BCUT2D eigenvalue weighted by Gasteiger charge is 2.34. The Morgan fingerprint density at radius 1 is 1.33 bits per heavy atom. The molecule has 1 saturated carbocycles. The predicted octanol–water partition coefficient (Wildman–Crippen LogP) is 2.10. The fourth-order valence-electron chi connectivity index (χ4n) is 3.43. The number of hydrogen-bond donors (Lipinski definition) is 1. The zero-order valence-electron chi connectivity index (χ0n) is 10.5. The smallest absolute Gasteiger partial charge is 0.0197 e. The van der Waals surface area contributed by atoms with Gasteiger partial charge in [-0.2, -0.15) is 0 Å². The van der Waals surface area contributed by atoms with E-state index in [9.17, 15) is 0 Å². The quantitative estimate of drug-likeness (QED) is 0.751. The summed E-state index contributed by atoms with van der Waals surface area (Å²) in [5.74, 6) is 1.74. The van der Waals surface area contributed by atoms with Crippen molar-refractivity contribution in [3.8, 4) is 0 Å². The number of nitrogens with zero attached hydrogens (tertiary/aromatic N) is 1. The van der Waals surface area contributed by atoms with Crippen LogP contribution in [0.2, 0.25) is 0 Å². The van der Waals surface area contributed by atoms with Crippen LogP contribution < -0.4 is 5.32 Å². The summed E-state index contributed by atoms with van der Waals surface area (Å²) in [4.78, 5) is 2.62. The molecule has 1 aliphatic carbocycles. The van der Waals surface area contributed by atoms with Crippen molar-refractivity contribution >= 4 is 0 Å². The summed E-state index contributed by atoms with van der Waals surface area (Å²) in [5, 5.41) is 3.77. The second kappa shape index (κ2) is 4.84. The van der Waals surface area contributed by atoms with Crippen molar-refractivity contribution in [3.63, 3.8) is 0 Å². The molecule has 0 radical (unpaired) electrons. The molecule has 1 heterocycles. The molecular weight excluding hydrogens is 184 g/mol. The molecule has 0 aromatic carbocycles. The normalized spacial score (nSPS) is 38.0. The van der Waals surface area contributed by atoms with Gasteiger partial charge < -0.3 is 10.2 Å². The van der Waals surface area contributed by atoms with Gasteiger partial charge in [-0.1, -0.05) is 20.3 Å². The van der Waals surface area contributed by atoms with E-state index in [0.29, 0.717) is 0 Å². The third kappa shape index (κ3) is 2.73. The van der Waals surface area contributed by atoms with Crippen LogP contribution in [0.15, 0.2) is 0 Å². The Bertz CT molecular complexity index is 203. The monoisotopic (exact) mass is 210 g/mol. The number of rotatable bonds is 2. The van der Waals surface area contributed by atoms with Crippen molar-refractivity contribution in [3.05, 3.63) is 0 Å². The van der Waals surface area contributed by atoms with Crippen LogP contribution in [0.5, 0.6) is 0 Å². The van der Waals surface area contributed by atoms with E-state index >= 15 is 0 Å². The molecular formula is C13H26N2. The van der Waals surface area contributed by atoms with E-state index in [4.69, 9.17) is 0 Å². The van der Waals surface area contributed by atoms with Gasteiger partial charge in [-0.25, -0.2) is 0 Å². The van der Waals surface area contributed by atoms with Crippen LogP contribution in [0.1, 0.15) is 39.5 Å². The summed E-state index contributed by atoms with van der Waals surface area (Å²) >= 11 is 0. The minimum Gasteiger partial charge on any atom is -0.312 e. The average Bonchev–Trinajstić information content (AvgIpc) is 2.56. The topological polar surface area (TPSA) is 15.3 Å². The van der Waals surface area contributed by atoms with Gasteiger partial charge in [0.05, 0.1) is 0 Å². The van der Waals surface area contributed by atoms with Crippen molar-refractivity contribution < 1.29 is 0 Å². The molecule has 2 nitrogen and oxygen atoms in total. The van der Waals surface area contributed by atoms with E-state index in [1.54, 1.807) is 0 Å². The summed E-state index contributed by atoms with van der Waals surface area (Å²) < 4.78 is 0. The first-order chi connectivity index (χ1) is 7.16. The first-order valence-corrected chi connectivity index (χ1v) is 6.60. The number of nitrogens with one attached hydrogen (secondary N) is 1. The van der Waals surface area contributed by atoms with Crippen molar-refractivity contribution in [2.45, 2.75) is 51.6 Å². The van der Waals surface area contributed by atoms with Crippen molar-refractivity contribution in [2.75, 3.05) is 20.1 Å². The zero-order chi connectivity index (χ0) is 10.8. The largest absolute Gasteiger partial charge is 0.312 e. The molecule has 2 heteroatoms. The molecule has 0 aromatic heterocycles. The second-order valence-corrected chi connectivity index (χ2v) is 5.93. The van der Waals surface area contributed by atoms with E-state index in [0.717, 1.165) is 23.9 Å². The fraction of sp³-hybridized carbons (Fsp3) is 1.00. The van der Waals surface area contributed by atoms with Gasteiger partial charge in [0.25, 0.3) is 0 Å². The Balaban J connectivity index is 1.93. The summed E-state index contributed by atoms with van der Waals surface area (Å²) in [6.07, 6.45) is 5.63. The number of likely N-dealkylation sites (N-methyl/N-ethyl adjacent to an activating group) is 1. The molecule has 1 N–H and O–H groups in total. The fourth-order valence-corrected chi connectivity index (χ4v) is 3.43. The summed E-state index contributed by atoms with van der Waals surface area (Å²) in [6, 6.07) is 1.59. The average molecular weight is 210 g/mol. The minimum atomic E-state index is 0.723. The number of fused-ring (bicyclic) bond motifs is 1. The molecule has 2 fully saturated rings. The van der Waals surface area contributed by atoms with Crippen LogP contribution in [0.4, 0.5) is 0 Å². The maximum atomic E-state index is 3.77. The molecule has 0 amide bonds. The maximum Gasteiger partial charge on any atom is 0.0197 e. The van der Waals surface area contributed by atoms with Gasteiger partial charge in [0.1, 0.15) is 0 Å². The predicted molar refractivity (Wildman–Crippen MR) is 65.0 cm³/mol. The van der Waals surface area contributed by atoms with Crippen molar-refractivity contribution in [1.82, 2.24) is 10.2 Å². The van der Waals surface area contributed by atoms with Crippen molar-refractivity contribution in [1.29, 1.82) is 0 Å². The number of hydrogen-bond acceptors (Lipinski definition) is 2. The van der Waals surface area contributed by atoms with Crippen LogP contribution in [0.25, 0.3) is 0 Å². The molecule has 3 atom stereocenters. The van der Waals surface area contributed by atoms with Gasteiger partial charge in [0.15, 0.2) is 0 Å². The highest BCUT2D eigenvalue weighted by Crippen LogP contribution is 2.30. The molecule has 88 valence electrons. The SMILES string of the molecule is CC(C)CC1CN(C)C2CCCC2CN1. The first kappa shape index (κ1) is 11.4. The van der Waals surface area contributed by atoms with Gasteiger partial charge in [-0.15, -0.1) is 0 Å². The third-order valence-corrected chi connectivity index (χ3v) is 4.12. The van der Waals surface area contributed by atoms with Crippen LogP contribution in [0, 0.1) is 11.8 Å². The lowest BCUT2D eigenvalue weighted by Crippen LogP contribution is -2.39. The zero-order valence-corrected chi connectivity index (χ0v) is 10.5. The van der Waals surface area contributed by atoms with E-state index in [1.807, 2.05) is 0 Å². The standard InChI is InChI=1S/C13H26N2/c1-10(2)7-12-9-15(3)13-6-4-5-11(13)8-14-12/h10-14H,4-9H2,1-3H3. The molecule has 2 aliphatic rings. The van der Waals surface area contributed by atoms with E-state index in [2.05, 4.69) is 31.1 Å². The summed E-state index contributed by atoms with van der Waals surface area (Å²) in [5.41, 5.74) is 0. The van der Waals surface area contributed by atoms with Crippen LogP contribution in [-0.4, -0.2) is 37.1 Å². The Labute approximate surface area is 94.4 Å². The minimum absolute atomic E-state index is 0.723. The van der Waals surface area contributed by atoms with E-state index < -0.39 is 0 Å². The van der Waals surface area contributed by atoms with Gasteiger partial charge in [0, 0.05) is 18.6 Å². The van der Waals surface area contributed by atoms with Crippen molar-refractivity contribution in [2.24, 2.45) is 11.8 Å². The molecule has 1 aliphatic heterocycles. The lowest BCUT2D eigenvalue weighted by atomic mass is 10.0. The Morgan fingerprint density at radius 3 is 2.87 bits per heavy atom. The molecule has 2 rings (SSSR count). The third-order valence-electron chi connectivity index (χ3n) is 4.12. The maximum absolute atomic E-state index is 3.77. The second-order valence-electron chi connectivity index (χ2n) is 5.93. The van der Waals surface area contributed by atoms with Gasteiger partial charge in [-0.3, -0.25) is 0 Å². The van der Waals surface area contributed by atoms with Crippen LogP contribution in [-0.2, 0) is 0 Å². The van der Waals surface area contributed by atoms with E-state index in [-0.39, 0.29) is 0 Å².